The first kappa shape index (κ1) is 13.8. The molecule has 17 heavy (non-hydrogen) atoms. The van der Waals surface area contributed by atoms with E-state index >= 15 is 0 Å². The summed E-state index contributed by atoms with van der Waals surface area (Å²) in [5.74, 6) is 0.436. The highest BCUT2D eigenvalue weighted by Crippen LogP contribution is 2.22. The minimum atomic E-state index is -4.12. The predicted molar refractivity (Wildman–Crippen MR) is 64.9 cm³/mol. The Labute approximate surface area is 100 Å². The van der Waals surface area contributed by atoms with Crippen molar-refractivity contribution < 1.29 is 13.2 Å². The molecule has 0 aliphatic heterocycles. The van der Waals surface area contributed by atoms with Gasteiger partial charge in [-0.05, 0) is 23.5 Å². The van der Waals surface area contributed by atoms with Crippen molar-refractivity contribution in [3.05, 3.63) is 41.5 Å². The number of hydrogen-bond donors (Lipinski definition) is 0. The fraction of sp³-hybridized carbons (Fsp3) is 0.429. The molecule has 1 aromatic carbocycles. The third-order valence-corrected chi connectivity index (χ3v) is 2.75. The van der Waals surface area contributed by atoms with E-state index in [4.69, 9.17) is 0 Å². The van der Waals surface area contributed by atoms with Crippen molar-refractivity contribution in [1.82, 2.24) is 0 Å². The lowest BCUT2D eigenvalue weighted by Gasteiger charge is -2.09. The molecule has 0 N–H and O–H groups in total. The molecule has 1 rings (SSSR count). The first-order chi connectivity index (χ1) is 7.92. The molecule has 0 bridgehead atoms. The van der Waals surface area contributed by atoms with Gasteiger partial charge in [-0.1, -0.05) is 50.3 Å². The van der Waals surface area contributed by atoms with E-state index < -0.39 is 12.6 Å². The average molecular weight is 242 g/mol. The van der Waals surface area contributed by atoms with Crippen molar-refractivity contribution in [2.75, 3.05) is 0 Å². The maximum Gasteiger partial charge on any atom is 0.392 e. The third-order valence-electron chi connectivity index (χ3n) is 2.75. The Kier molecular flexibility index (Phi) is 4.79. The van der Waals surface area contributed by atoms with Gasteiger partial charge in [-0.25, -0.2) is 0 Å². The van der Waals surface area contributed by atoms with Gasteiger partial charge in [0.05, 0.1) is 6.42 Å². The number of allylic oxidation sites excluding steroid dienone is 1. The van der Waals surface area contributed by atoms with Crippen LogP contribution in [0.1, 0.15) is 43.7 Å². The van der Waals surface area contributed by atoms with Gasteiger partial charge >= 0.3 is 6.18 Å². The number of hydrogen-bond acceptors (Lipinski definition) is 0. The highest BCUT2D eigenvalue weighted by atomic mass is 19.4. The summed E-state index contributed by atoms with van der Waals surface area (Å²) in [6.07, 6.45) is -1.28. The van der Waals surface area contributed by atoms with Crippen molar-refractivity contribution in [1.29, 1.82) is 0 Å². The summed E-state index contributed by atoms with van der Waals surface area (Å²) in [5.41, 5.74) is 1.99. The summed E-state index contributed by atoms with van der Waals surface area (Å²) in [6, 6.07) is 7.66. The number of halogens is 3. The highest BCUT2D eigenvalue weighted by Gasteiger charge is 2.24. The summed E-state index contributed by atoms with van der Waals surface area (Å²) in [4.78, 5) is 0. The quantitative estimate of drug-likeness (QED) is 0.683. The van der Waals surface area contributed by atoms with E-state index in [1.807, 2.05) is 24.3 Å². The predicted octanol–water partition coefficient (Wildman–Crippen LogP) is 5.17. The molecule has 94 valence electrons. The van der Waals surface area contributed by atoms with Crippen molar-refractivity contribution in [2.24, 2.45) is 0 Å². The maximum atomic E-state index is 12.0. The van der Waals surface area contributed by atoms with E-state index in [0.29, 0.717) is 5.92 Å². The molecule has 3 heteroatoms. The minimum absolute atomic E-state index is 0.436. The van der Waals surface area contributed by atoms with Crippen LogP contribution in [-0.2, 0) is 0 Å². The molecule has 0 radical (unpaired) electrons. The van der Waals surface area contributed by atoms with Crippen molar-refractivity contribution in [2.45, 2.75) is 38.8 Å². The van der Waals surface area contributed by atoms with Crippen LogP contribution in [-0.4, -0.2) is 6.18 Å². The largest absolute Gasteiger partial charge is 0.392 e. The minimum Gasteiger partial charge on any atom is -0.171 e. The van der Waals surface area contributed by atoms with E-state index in [1.54, 1.807) is 0 Å². The van der Waals surface area contributed by atoms with E-state index in [2.05, 4.69) is 13.8 Å². The van der Waals surface area contributed by atoms with Crippen LogP contribution in [0.15, 0.2) is 30.3 Å². The summed E-state index contributed by atoms with van der Waals surface area (Å²) < 4.78 is 35.9. The second-order valence-corrected chi connectivity index (χ2v) is 4.20. The van der Waals surface area contributed by atoms with E-state index in [1.165, 1.54) is 11.6 Å². The number of rotatable bonds is 4. The molecule has 1 unspecified atom stereocenters. The average Bonchev–Trinajstić information content (AvgIpc) is 2.27. The maximum absolute atomic E-state index is 12.0. The van der Waals surface area contributed by atoms with Crippen LogP contribution in [0.2, 0.25) is 0 Å². The molecule has 0 aromatic heterocycles. The van der Waals surface area contributed by atoms with Gasteiger partial charge in [-0.2, -0.15) is 13.2 Å². The zero-order valence-electron chi connectivity index (χ0n) is 10.1. The Morgan fingerprint density at radius 3 is 2.59 bits per heavy atom. The van der Waals surface area contributed by atoms with Crippen LogP contribution >= 0.6 is 0 Å². The molecule has 0 saturated carbocycles. The third kappa shape index (κ3) is 5.07. The molecule has 1 aromatic rings. The van der Waals surface area contributed by atoms with Gasteiger partial charge in [0.1, 0.15) is 0 Å². The van der Waals surface area contributed by atoms with Crippen LogP contribution in [0.5, 0.6) is 0 Å². The summed E-state index contributed by atoms with van der Waals surface area (Å²) >= 11 is 0. The van der Waals surface area contributed by atoms with Crippen molar-refractivity contribution >= 4 is 6.08 Å². The molecule has 0 saturated heterocycles. The first-order valence-corrected chi connectivity index (χ1v) is 5.75. The summed E-state index contributed by atoms with van der Waals surface area (Å²) in [6.45, 7) is 4.20. The molecule has 0 amide bonds. The Morgan fingerprint density at radius 1 is 1.29 bits per heavy atom. The standard InChI is InChI=1S/C14H17F3/c1-3-11(2)13-8-4-6-12(10-13)7-5-9-14(15,16)17/h4-8,10-11H,3,9H2,1-2H3. The zero-order chi connectivity index (χ0) is 12.9. The fourth-order valence-electron chi connectivity index (χ4n) is 1.53. The van der Waals surface area contributed by atoms with Crippen LogP contribution in [0.3, 0.4) is 0 Å². The fourth-order valence-corrected chi connectivity index (χ4v) is 1.53. The van der Waals surface area contributed by atoms with Gasteiger partial charge in [0.2, 0.25) is 0 Å². The smallest absolute Gasteiger partial charge is 0.171 e. The van der Waals surface area contributed by atoms with Crippen LogP contribution in [0.4, 0.5) is 13.2 Å². The Bertz CT molecular complexity index is 377. The molecule has 1 atom stereocenters. The van der Waals surface area contributed by atoms with Gasteiger partial charge < -0.3 is 0 Å². The lowest BCUT2D eigenvalue weighted by Crippen LogP contribution is -2.03. The number of alkyl halides is 3. The van der Waals surface area contributed by atoms with Gasteiger partial charge in [0, 0.05) is 0 Å². The van der Waals surface area contributed by atoms with Gasteiger partial charge in [0.15, 0.2) is 0 Å². The second-order valence-electron chi connectivity index (χ2n) is 4.20. The van der Waals surface area contributed by atoms with E-state index in [0.717, 1.165) is 18.1 Å². The van der Waals surface area contributed by atoms with Crippen LogP contribution in [0.25, 0.3) is 6.08 Å². The molecule has 0 heterocycles. The van der Waals surface area contributed by atoms with Crippen LogP contribution in [0, 0.1) is 0 Å². The monoisotopic (exact) mass is 242 g/mol. The summed E-state index contributed by atoms with van der Waals surface area (Å²) in [5, 5.41) is 0. The Balaban J connectivity index is 2.72. The second kappa shape index (κ2) is 5.89. The molecule has 0 spiro atoms. The van der Waals surface area contributed by atoms with Crippen LogP contribution < -0.4 is 0 Å². The molecule has 0 aliphatic rings. The molecule has 0 fully saturated rings. The topological polar surface area (TPSA) is 0 Å². The summed E-state index contributed by atoms with van der Waals surface area (Å²) in [7, 11) is 0. The highest BCUT2D eigenvalue weighted by molar-refractivity contribution is 5.50. The van der Waals surface area contributed by atoms with E-state index in [-0.39, 0.29) is 0 Å². The Morgan fingerprint density at radius 2 is 2.00 bits per heavy atom. The van der Waals surface area contributed by atoms with Crippen molar-refractivity contribution in [3.63, 3.8) is 0 Å². The molecular formula is C14H17F3. The van der Waals surface area contributed by atoms with Gasteiger partial charge in [-0.15, -0.1) is 0 Å². The van der Waals surface area contributed by atoms with Crippen molar-refractivity contribution in [3.8, 4) is 0 Å². The normalized spacial score (nSPS) is 14.2. The Hall–Kier alpha value is -1.25. The van der Waals surface area contributed by atoms with Gasteiger partial charge in [-0.3, -0.25) is 0 Å². The first-order valence-electron chi connectivity index (χ1n) is 5.75. The van der Waals surface area contributed by atoms with Gasteiger partial charge in [0.25, 0.3) is 0 Å². The lowest BCUT2D eigenvalue weighted by molar-refractivity contribution is -0.124. The zero-order valence-corrected chi connectivity index (χ0v) is 10.1. The molecule has 0 aliphatic carbocycles. The number of benzene rings is 1. The molecule has 0 nitrogen and oxygen atoms in total. The molecular weight excluding hydrogens is 225 g/mol. The van der Waals surface area contributed by atoms with E-state index in [9.17, 15) is 13.2 Å². The lowest BCUT2D eigenvalue weighted by atomic mass is 9.97. The SMILES string of the molecule is CCC(C)c1cccc(C=CCC(F)(F)F)c1.